The molecule has 0 radical (unpaired) electrons. The normalized spacial score (nSPS) is 28.8. The minimum Gasteiger partial charge on any atom is -0.333 e. The summed E-state index contributed by atoms with van der Waals surface area (Å²) < 4.78 is 0. The zero-order valence-electron chi connectivity index (χ0n) is 20.8. The number of carbonyl (C=O) groups excluding carboxylic acids is 5. The number of rotatable bonds is 5. The Morgan fingerprint density at radius 1 is 0.789 bits per heavy atom. The maximum absolute atomic E-state index is 13.6. The van der Waals surface area contributed by atoms with E-state index < -0.39 is 6.04 Å². The average molecular weight is 510 g/mol. The Morgan fingerprint density at radius 3 is 2.05 bits per heavy atom. The predicted molar refractivity (Wildman–Crippen MR) is 135 cm³/mol. The van der Waals surface area contributed by atoms with Gasteiger partial charge in [0.05, 0.1) is 35.5 Å². The molecule has 5 amide bonds. The van der Waals surface area contributed by atoms with Crippen molar-refractivity contribution in [3.63, 3.8) is 0 Å². The molecular formula is C30H27N3O5. The average Bonchev–Trinajstić information content (AvgIpc) is 3.67. The highest BCUT2D eigenvalue weighted by atomic mass is 16.2. The van der Waals surface area contributed by atoms with Gasteiger partial charge in [0.2, 0.25) is 17.7 Å². The van der Waals surface area contributed by atoms with E-state index in [4.69, 9.17) is 0 Å². The summed E-state index contributed by atoms with van der Waals surface area (Å²) in [6.07, 6.45) is 5.65. The van der Waals surface area contributed by atoms with Gasteiger partial charge >= 0.3 is 0 Å². The molecule has 2 bridgehead atoms. The van der Waals surface area contributed by atoms with Crippen LogP contribution in [0, 0.1) is 23.7 Å². The molecule has 3 heterocycles. The van der Waals surface area contributed by atoms with E-state index in [9.17, 15) is 24.0 Å². The zero-order valence-corrected chi connectivity index (χ0v) is 20.8. The third kappa shape index (κ3) is 3.25. The molecule has 7 rings (SSSR count). The van der Waals surface area contributed by atoms with Gasteiger partial charge in [-0.25, -0.2) is 0 Å². The van der Waals surface area contributed by atoms with Gasteiger partial charge in [0, 0.05) is 19.5 Å². The molecule has 2 aromatic rings. The fraction of sp³-hybridized carbons (Fsp3) is 0.367. The van der Waals surface area contributed by atoms with Gasteiger partial charge in [0.1, 0.15) is 0 Å². The summed E-state index contributed by atoms with van der Waals surface area (Å²) in [6.45, 7) is 0.543. The predicted octanol–water partition coefficient (Wildman–Crippen LogP) is 2.61. The van der Waals surface area contributed by atoms with Gasteiger partial charge in [-0.15, -0.1) is 0 Å². The first-order valence-corrected chi connectivity index (χ1v) is 13.3. The van der Waals surface area contributed by atoms with Crippen LogP contribution in [0.1, 0.15) is 50.7 Å². The van der Waals surface area contributed by atoms with Crippen LogP contribution < -0.4 is 0 Å². The summed E-state index contributed by atoms with van der Waals surface area (Å²) in [5.41, 5.74) is 2.74. The van der Waals surface area contributed by atoms with Crippen LogP contribution in [0.15, 0.2) is 60.7 Å². The Bertz CT molecular complexity index is 1380. The maximum atomic E-state index is 13.6. The van der Waals surface area contributed by atoms with Crippen molar-refractivity contribution in [3.05, 3.63) is 82.9 Å². The van der Waals surface area contributed by atoms with E-state index in [2.05, 4.69) is 12.2 Å². The van der Waals surface area contributed by atoms with Gasteiger partial charge in [-0.05, 0) is 47.9 Å². The second-order valence-corrected chi connectivity index (χ2v) is 10.9. The van der Waals surface area contributed by atoms with Crippen molar-refractivity contribution in [3.8, 4) is 0 Å². The minimum atomic E-state index is -0.501. The highest BCUT2D eigenvalue weighted by molar-refractivity contribution is 6.21. The van der Waals surface area contributed by atoms with Crippen molar-refractivity contribution in [1.82, 2.24) is 14.7 Å². The molecule has 8 nitrogen and oxygen atoms in total. The number of hydrogen-bond donors (Lipinski definition) is 0. The van der Waals surface area contributed by atoms with Gasteiger partial charge < -0.3 is 4.90 Å². The Hall–Kier alpha value is -4.07. The first-order chi connectivity index (χ1) is 18.4. The summed E-state index contributed by atoms with van der Waals surface area (Å²) in [5.74, 6) is -1.53. The molecule has 0 N–H and O–H groups in total. The number of imide groups is 2. The van der Waals surface area contributed by atoms with Crippen molar-refractivity contribution in [2.45, 2.75) is 25.3 Å². The molecular weight excluding hydrogens is 482 g/mol. The van der Waals surface area contributed by atoms with E-state index in [0.717, 1.165) is 17.5 Å². The van der Waals surface area contributed by atoms with E-state index in [1.54, 1.807) is 29.2 Å². The highest BCUT2D eigenvalue weighted by Crippen LogP contribution is 2.52. The minimum absolute atomic E-state index is 0.0144. The first-order valence-electron chi connectivity index (χ1n) is 13.3. The highest BCUT2D eigenvalue weighted by Gasteiger charge is 2.59. The number of hydrogen-bond acceptors (Lipinski definition) is 5. The molecule has 1 saturated carbocycles. The second-order valence-electron chi connectivity index (χ2n) is 10.9. The molecule has 38 heavy (non-hydrogen) atoms. The van der Waals surface area contributed by atoms with Gasteiger partial charge in [-0.3, -0.25) is 33.8 Å². The maximum Gasteiger partial charge on any atom is 0.261 e. The summed E-state index contributed by atoms with van der Waals surface area (Å²) >= 11 is 0. The lowest BCUT2D eigenvalue weighted by Crippen LogP contribution is -2.47. The largest absolute Gasteiger partial charge is 0.333 e. The third-order valence-electron chi connectivity index (χ3n) is 9.08. The molecule has 2 aliphatic carbocycles. The standard InChI is InChI=1S/C30H27N3O5/c34-24(12-14-32-29(37)25-18-9-10-19(15-18)26(25)30(32)38)31-13-11-17-5-1-2-6-20(17)23(31)16-33-27(35)21-7-3-4-8-22(21)28(33)36/h1-10,18-19,23,25-26H,11-16H2/t18-,19-,23+,25-,26-/m0/s1. The monoisotopic (exact) mass is 509 g/mol. The van der Waals surface area contributed by atoms with Crippen molar-refractivity contribution in [2.75, 3.05) is 19.6 Å². The first kappa shape index (κ1) is 23.1. The van der Waals surface area contributed by atoms with Gasteiger partial charge in [0.15, 0.2) is 0 Å². The lowest BCUT2D eigenvalue weighted by molar-refractivity contribution is -0.142. The van der Waals surface area contributed by atoms with E-state index >= 15 is 0 Å². The molecule has 2 fully saturated rings. The molecule has 0 unspecified atom stereocenters. The van der Waals surface area contributed by atoms with E-state index in [1.807, 2.05) is 24.3 Å². The van der Waals surface area contributed by atoms with Gasteiger partial charge in [-0.1, -0.05) is 48.6 Å². The number of fused-ring (bicyclic) bond motifs is 7. The van der Waals surface area contributed by atoms with Crippen LogP contribution in [0.25, 0.3) is 0 Å². The third-order valence-corrected chi connectivity index (χ3v) is 9.08. The number of nitrogens with zero attached hydrogens (tertiary/aromatic N) is 3. The topological polar surface area (TPSA) is 95.1 Å². The van der Waals surface area contributed by atoms with Crippen LogP contribution in [0.3, 0.4) is 0 Å². The Balaban J connectivity index is 1.11. The lowest BCUT2D eigenvalue weighted by Gasteiger charge is -2.39. The number of carbonyl (C=O) groups is 5. The molecule has 8 heteroatoms. The van der Waals surface area contributed by atoms with E-state index in [-0.39, 0.29) is 72.7 Å². The van der Waals surface area contributed by atoms with Crippen molar-refractivity contribution >= 4 is 29.5 Å². The molecule has 5 atom stereocenters. The fourth-order valence-corrected chi connectivity index (χ4v) is 7.26. The lowest BCUT2D eigenvalue weighted by atomic mass is 9.85. The second kappa shape index (κ2) is 8.48. The Labute approximate surface area is 219 Å². The number of allylic oxidation sites excluding steroid dienone is 2. The number of amides is 5. The Morgan fingerprint density at radius 2 is 1.39 bits per heavy atom. The number of likely N-dealkylation sites (tertiary alicyclic amines) is 1. The van der Waals surface area contributed by atoms with Crippen LogP contribution in [0.2, 0.25) is 0 Å². The molecule has 5 aliphatic rings. The van der Waals surface area contributed by atoms with Gasteiger partial charge in [0.25, 0.3) is 11.8 Å². The van der Waals surface area contributed by atoms with Crippen molar-refractivity contribution < 1.29 is 24.0 Å². The van der Waals surface area contributed by atoms with E-state index in [0.29, 0.717) is 24.1 Å². The molecule has 3 aliphatic heterocycles. The van der Waals surface area contributed by atoms with Crippen LogP contribution in [0.4, 0.5) is 0 Å². The summed E-state index contributed by atoms with van der Waals surface area (Å²) in [7, 11) is 0. The van der Waals surface area contributed by atoms with E-state index in [1.165, 1.54) is 9.80 Å². The summed E-state index contributed by atoms with van der Waals surface area (Å²) in [4.78, 5) is 70.2. The molecule has 0 aromatic heterocycles. The quantitative estimate of drug-likeness (QED) is 0.456. The van der Waals surface area contributed by atoms with Crippen molar-refractivity contribution in [2.24, 2.45) is 23.7 Å². The van der Waals surface area contributed by atoms with Crippen molar-refractivity contribution in [1.29, 1.82) is 0 Å². The summed E-state index contributed by atoms with van der Waals surface area (Å²) in [6, 6.07) is 14.0. The zero-order chi connectivity index (χ0) is 26.1. The van der Waals surface area contributed by atoms with Crippen LogP contribution >= 0.6 is 0 Å². The van der Waals surface area contributed by atoms with Crippen LogP contribution in [-0.2, 0) is 20.8 Å². The van der Waals surface area contributed by atoms with Crippen LogP contribution in [-0.4, -0.2) is 63.9 Å². The molecule has 1 saturated heterocycles. The molecule has 2 aromatic carbocycles. The molecule has 0 spiro atoms. The summed E-state index contributed by atoms with van der Waals surface area (Å²) in [5, 5.41) is 0. The van der Waals surface area contributed by atoms with Gasteiger partial charge in [-0.2, -0.15) is 0 Å². The van der Waals surface area contributed by atoms with Crippen LogP contribution in [0.5, 0.6) is 0 Å². The molecule has 192 valence electrons. The Kier molecular flexibility index (Phi) is 5.15. The number of benzene rings is 2. The fourth-order valence-electron chi connectivity index (χ4n) is 7.26. The smallest absolute Gasteiger partial charge is 0.261 e. The SMILES string of the molecule is O=C1c2ccccc2C(=O)N1C[C@@H]1c2ccccc2CCN1C(=O)CCN1C(=O)[C@@H]2[C@@H](C1=O)[C@H]1C=C[C@H]2C1.